The number of aromatic hydroxyl groups is 1. The monoisotopic (exact) mass is 624 g/mol. The molecule has 236 valence electrons. The second-order valence-corrected chi connectivity index (χ2v) is 12.3. The number of nitrogens with two attached hydrogens (primary N) is 1. The number of ether oxygens (including phenoxy) is 3. The number of phenols is 1. The highest BCUT2D eigenvalue weighted by Crippen LogP contribution is 2.53. The number of fused-ring (bicyclic) bond motifs is 4. The van der Waals surface area contributed by atoms with E-state index in [-0.39, 0.29) is 48.9 Å². The highest BCUT2D eigenvalue weighted by molar-refractivity contribution is 6.33. The van der Waals surface area contributed by atoms with Crippen LogP contribution in [0.2, 0.25) is 0 Å². The standard InChI is InChI=1S/C35H32N2O9/c1-37(2)29-22-13-19-12-21-20(18-8-11-24-25(14-18)46-16-45-24)9-10-23(38)27(21)30(39)26(19)32(40)35(22,43)33(41)28(34(36)42)31(29)44-15-17-6-4-3-5-7-17/h3-11,14,19,22,29,38-39,43H,12-13,15-16H2,1-2H3,(H2,36,42). The number of nitrogens with zero attached hydrogens (tertiary/aromatic N) is 1. The number of hydrogen-bond donors (Lipinski definition) is 4. The molecule has 11 nitrogen and oxygen atoms in total. The van der Waals surface area contributed by atoms with E-state index >= 15 is 0 Å². The molecule has 0 bridgehead atoms. The number of primary amides is 1. The average molecular weight is 625 g/mol. The predicted octanol–water partition coefficient (Wildman–Crippen LogP) is 3.02. The van der Waals surface area contributed by atoms with Gasteiger partial charge in [0.1, 0.15) is 29.4 Å². The van der Waals surface area contributed by atoms with Crippen molar-refractivity contribution in [1.82, 2.24) is 4.90 Å². The van der Waals surface area contributed by atoms with Gasteiger partial charge in [-0.25, -0.2) is 0 Å². The molecule has 3 aromatic carbocycles. The molecule has 4 unspecified atom stereocenters. The lowest BCUT2D eigenvalue weighted by Crippen LogP contribution is -2.67. The van der Waals surface area contributed by atoms with E-state index in [2.05, 4.69) is 0 Å². The minimum Gasteiger partial charge on any atom is -0.507 e. The summed E-state index contributed by atoms with van der Waals surface area (Å²) in [6, 6.07) is 16.8. The summed E-state index contributed by atoms with van der Waals surface area (Å²) in [6.07, 6.45) is 0.294. The molecule has 4 atom stereocenters. The van der Waals surface area contributed by atoms with Crippen LogP contribution in [0.1, 0.15) is 23.1 Å². The third-order valence-corrected chi connectivity index (χ3v) is 9.50. The van der Waals surface area contributed by atoms with Gasteiger partial charge in [-0.05, 0) is 73.3 Å². The van der Waals surface area contributed by atoms with Crippen molar-refractivity contribution in [1.29, 1.82) is 0 Å². The minimum atomic E-state index is -2.71. The Balaban J connectivity index is 1.35. The van der Waals surface area contributed by atoms with E-state index in [0.29, 0.717) is 22.6 Å². The summed E-state index contributed by atoms with van der Waals surface area (Å²) in [7, 11) is 3.40. The van der Waals surface area contributed by atoms with Crippen molar-refractivity contribution in [3.8, 4) is 28.4 Å². The number of hydrogen-bond acceptors (Lipinski definition) is 10. The summed E-state index contributed by atoms with van der Waals surface area (Å²) >= 11 is 0. The van der Waals surface area contributed by atoms with Gasteiger partial charge < -0.3 is 35.3 Å². The zero-order valence-corrected chi connectivity index (χ0v) is 25.1. The Morgan fingerprint density at radius 1 is 1.02 bits per heavy atom. The van der Waals surface area contributed by atoms with Crippen LogP contribution in [-0.4, -0.2) is 70.2 Å². The third-order valence-electron chi connectivity index (χ3n) is 9.50. The van der Waals surface area contributed by atoms with Crippen LogP contribution < -0.4 is 15.2 Å². The Bertz CT molecular complexity index is 1880. The third kappa shape index (κ3) is 4.30. The van der Waals surface area contributed by atoms with Gasteiger partial charge in [0.15, 0.2) is 17.1 Å². The number of Topliss-reactive ketones (excluding diaryl/α,β-unsaturated/α-hetero) is 2. The van der Waals surface area contributed by atoms with E-state index in [0.717, 1.165) is 11.1 Å². The first-order valence-corrected chi connectivity index (χ1v) is 14.9. The van der Waals surface area contributed by atoms with Crippen molar-refractivity contribution in [2.45, 2.75) is 31.1 Å². The van der Waals surface area contributed by atoms with Crippen molar-refractivity contribution in [2.24, 2.45) is 17.6 Å². The van der Waals surface area contributed by atoms with Crippen molar-refractivity contribution in [2.75, 3.05) is 20.9 Å². The van der Waals surface area contributed by atoms with Crippen molar-refractivity contribution in [3.05, 3.63) is 94.3 Å². The summed E-state index contributed by atoms with van der Waals surface area (Å²) in [5.41, 5.74) is 5.10. The molecule has 4 aliphatic rings. The lowest BCUT2D eigenvalue weighted by Gasteiger charge is -2.50. The van der Waals surface area contributed by atoms with Gasteiger partial charge in [-0.3, -0.25) is 19.3 Å². The van der Waals surface area contributed by atoms with Crippen LogP contribution in [0.25, 0.3) is 16.9 Å². The fourth-order valence-electron chi connectivity index (χ4n) is 7.45. The number of phenolic OH excluding ortho intramolecular Hbond substituents is 1. The number of ketones is 2. The Labute approximate surface area is 264 Å². The predicted molar refractivity (Wildman–Crippen MR) is 164 cm³/mol. The molecule has 1 heterocycles. The number of benzene rings is 3. The Hall–Kier alpha value is -5.13. The molecule has 3 aromatic rings. The first-order chi connectivity index (χ1) is 22.0. The Morgan fingerprint density at radius 3 is 2.48 bits per heavy atom. The van der Waals surface area contributed by atoms with E-state index in [9.17, 15) is 29.7 Å². The smallest absolute Gasteiger partial charge is 0.255 e. The molecule has 11 heteroatoms. The van der Waals surface area contributed by atoms with Crippen LogP contribution in [-0.2, 0) is 32.1 Å². The van der Waals surface area contributed by atoms with E-state index < -0.39 is 52.3 Å². The second-order valence-electron chi connectivity index (χ2n) is 12.3. The highest BCUT2D eigenvalue weighted by Gasteiger charge is 2.65. The van der Waals surface area contributed by atoms with Crippen LogP contribution in [0.3, 0.4) is 0 Å². The van der Waals surface area contributed by atoms with Gasteiger partial charge in [-0.2, -0.15) is 0 Å². The summed E-state index contributed by atoms with van der Waals surface area (Å²) in [4.78, 5) is 42.8. The van der Waals surface area contributed by atoms with Crippen LogP contribution >= 0.6 is 0 Å². The van der Waals surface area contributed by atoms with Crippen LogP contribution in [0.15, 0.2) is 77.6 Å². The molecular weight excluding hydrogens is 592 g/mol. The molecule has 0 saturated heterocycles. The SMILES string of the molecule is CN(C)C1C(OCc2ccccc2)=C(C(N)=O)C(=O)C2(O)C(=O)C3=C(O)c4c(O)ccc(-c5ccc6c(c5)OCO6)c4CC3CC12. The molecule has 0 aromatic heterocycles. The van der Waals surface area contributed by atoms with Gasteiger partial charge in [0, 0.05) is 11.5 Å². The van der Waals surface area contributed by atoms with Gasteiger partial charge in [0.05, 0.1) is 11.6 Å². The van der Waals surface area contributed by atoms with Gasteiger partial charge in [0.25, 0.3) is 5.91 Å². The number of aliphatic hydroxyl groups is 2. The molecule has 1 amide bonds. The van der Waals surface area contributed by atoms with Crippen molar-refractivity contribution in [3.63, 3.8) is 0 Å². The summed E-state index contributed by atoms with van der Waals surface area (Å²) in [5, 5.41) is 34.7. The van der Waals surface area contributed by atoms with Crippen LogP contribution in [0.5, 0.6) is 17.2 Å². The summed E-state index contributed by atoms with van der Waals surface area (Å²) < 4.78 is 17.1. The first-order valence-electron chi connectivity index (χ1n) is 14.9. The number of carbonyl (C=O) groups excluding carboxylic acids is 3. The number of amides is 1. The highest BCUT2D eigenvalue weighted by atomic mass is 16.7. The van der Waals surface area contributed by atoms with Gasteiger partial charge >= 0.3 is 0 Å². The number of rotatable bonds is 6. The first kappa shape index (κ1) is 29.6. The molecule has 3 aliphatic carbocycles. The zero-order valence-electron chi connectivity index (χ0n) is 25.1. The number of aliphatic hydroxyl groups excluding tert-OH is 1. The van der Waals surface area contributed by atoms with E-state index in [1.807, 2.05) is 42.5 Å². The zero-order chi connectivity index (χ0) is 32.5. The fourth-order valence-corrected chi connectivity index (χ4v) is 7.45. The maximum atomic E-state index is 14.3. The van der Waals surface area contributed by atoms with Crippen LogP contribution in [0, 0.1) is 11.8 Å². The maximum Gasteiger partial charge on any atom is 0.255 e. The number of likely N-dealkylation sites (N-methyl/N-ethyl adjacent to an activating group) is 1. The van der Waals surface area contributed by atoms with E-state index in [4.69, 9.17) is 19.9 Å². The molecule has 0 radical (unpaired) electrons. The largest absolute Gasteiger partial charge is 0.507 e. The normalized spacial score (nSPS) is 24.9. The quantitative estimate of drug-likeness (QED) is 0.236. The maximum absolute atomic E-state index is 14.3. The van der Waals surface area contributed by atoms with Crippen molar-refractivity contribution >= 4 is 23.2 Å². The van der Waals surface area contributed by atoms with Gasteiger partial charge in [0.2, 0.25) is 18.4 Å². The van der Waals surface area contributed by atoms with Crippen LogP contribution in [0.4, 0.5) is 0 Å². The van der Waals surface area contributed by atoms with Gasteiger partial charge in [-0.1, -0.05) is 42.5 Å². The molecule has 1 aliphatic heterocycles. The number of carbonyl (C=O) groups is 3. The molecule has 7 rings (SSSR count). The van der Waals surface area contributed by atoms with Crippen molar-refractivity contribution < 1.29 is 43.9 Å². The fraction of sp³-hybridized carbons (Fsp3) is 0.286. The molecular formula is C35H32N2O9. The lowest BCUT2D eigenvalue weighted by molar-refractivity contribution is -0.162. The molecule has 1 saturated carbocycles. The summed E-state index contributed by atoms with van der Waals surface area (Å²) in [6.45, 7) is 0.118. The summed E-state index contributed by atoms with van der Waals surface area (Å²) in [5.74, 6) is -4.66. The van der Waals surface area contributed by atoms with Gasteiger partial charge in [-0.15, -0.1) is 0 Å². The molecule has 46 heavy (non-hydrogen) atoms. The molecule has 5 N–H and O–H groups in total. The van der Waals surface area contributed by atoms with E-state index in [1.165, 1.54) is 6.07 Å². The Kier molecular flexibility index (Phi) is 6.91. The minimum absolute atomic E-state index is 0.0135. The topological polar surface area (TPSA) is 169 Å². The molecule has 0 spiro atoms. The average Bonchev–Trinajstić information content (AvgIpc) is 3.50. The lowest BCUT2D eigenvalue weighted by atomic mass is 9.57. The second kappa shape index (κ2) is 10.7. The van der Waals surface area contributed by atoms with E-state index in [1.54, 1.807) is 31.1 Å². The molecule has 1 fully saturated rings. The Morgan fingerprint density at radius 2 is 1.76 bits per heavy atom.